The van der Waals surface area contributed by atoms with E-state index in [0.29, 0.717) is 18.3 Å². The minimum absolute atomic E-state index is 0.141. The number of nitrogens with zero attached hydrogens (tertiary/aromatic N) is 4. The monoisotopic (exact) mass is 328 g/mol. The van der Waals surface area contributed by atoms with Crippen molar-refractivity contribution in [1.82, 2.24) is 20.0 Å². The lowest BCUT2D eigenvalue weighted by atomic mass is 9.95. The second-order valence-electron chi connectivity index (χ2n) is 6.65. The van der Waals surface area contributed by atoms with Crippen molar-refractivity contribution < 1.29 is 9.21 Å². The average Bonchev–Trinajstić information content (AvgIpc) is 3.03. The Kier molecular flexibility index (Phi) is 4.94. The van der Waals surface area contributed by atoms with Gasteiger partial charge in [0, 0.05) is 25.6 Å². The number of aromatic nitrogens is 2. The summed E-state index contributed by atoms with van der Waals surface area (Å²) in [5.41, 5.74) is 2.11. The van der Waals surface area contributed by atoms with Crippen molar-refractivity contribution in [3.63, 3.8) is 0 Å². The minimum Gasteiger partial charge on any atom is -0.419 e. The Balaban J connectivity index is 1.57. The van der Waals surface area contributed by atoms with Gasteiger partial charge < -0.3 is 9.32 Å². The summed E-state index contributed by atoms with van der Waals surface area (Å²) in [6, 6.07) is 8.04. The van der Waals surface area contributed by atoms with E-state index in [-0.39, 0.29) is 11.8 Å². The molecule has 1 saturated heterocycles. The Morgan fingerprint density at radius 3 is 2.71 bits per heavy atom. The molecule has 2 heterocycles. The predicted molar refractivity (Wildman–Crippen MR) is 91.2 cm³/mol. The van der Waals surface area contributed by atoms with E-state index in [4.69, 9.17) is 4.42 Å². The molecule has 0 saturated carbocycles. The summed E-state index contributed by atoms with van der Waals surface area (Å²) in [6.45, 7) is 4.44. The number of aryl methyl sites for hydroxylation is 1. The first-order valence-electron chi connectivity index (χ1n) is 8.36. The highest BCUT2D eigenvalue weighted by Crippen LogP contribution is 2.22. The molecule has 1 aromatic carbocycles. The highest BCUT2D eigenvalue weighted by Gasteiger charge is 2.26. The summed E-state index contributed by atoms with van der Waals surface area (Å²) in [4.78, 5) is 16.0. The van der Waals surface area contributed by atoms with E-state index in [1.165, 1.54) is 5.56 Å². The van der Waals surface area contributed by atoms with Crippen LogP contribution in [0.3, 0.4) is 0 Å². The van der Waals surface area contributed by atoms with Gasteiger partial charge in [0.1, 0.15) is 0 Å². The molecule has 0 aliphatic carbocycles. The van der Waals surface area contributed by atoms with E-state index in [2.05, 4.69) is 15.1 Å². The van der Waals surface area contributed by atoms with Crippen molar-refractivity contribution in [1.29, 1.82) is 0 Å². The number of benzene rings is 1. The molecule has 6 heteroatoms. The van der Waals surface area contributed by atoms with Crippen LogP contribution in [0, 0.1) is 12.8 Å². The van der Waals surface area contributed by atoms with Gasteiger partial charge in [0.2, 0.25) is 17.7 Å². The molecule has 0 bridgehead atoms. The van der Waals surface area contributed by atoms with Gasteiger partial charge in [-0.15, -0.1) is 10.2 Å². The van der Waals surface area contributed by atoms with Crippen LogP contribution in [0.25, 0.3) is 11.5 Å². The SMILES string of the molecule is Cc1cccc(-c2nnc(CN3CCC(C(=O)N(C)C)CC3)o2)c1. The largest absolute Gasteiger partial charge is 0.419 e. The average molecular weight is 328 g/mol. The van der Waals surface area contributed by atoms with Crippen LogP contribution in [0.15, 0.2) is 28.7 Å². The number of likely N-dealkylation sites (tertiary alicyclic amines) is 1. The molecule has 3 rings (SSSR count). The second kappa shape index (κ2) is 7.13. The molecule has 0 N–H and O–H groups in total. The molecule has 1 aliphatic heterocycles. The summed E-state index contributed by atoms with van der Waals surface area (Å²) in [6.07, 6.45) is 1.77. The summed E-state index contributed by atoms with van der Waals surface area (Å²) < 4.78 is 5.80. The molecular formula is C18H24N4O2. The number of piperidine rings is 1. The fraction of sp³-hybridized carbons (Fsp3) is 0.500. The summed E-state index contributed by atoms with van der Waals surface area (Å²) >= 11 is 0. The maximum atomic E-state index is 12.0. The number of carbonyl (C=O) groups excluding carboxylic acids is 1. The van der Waals surface area contributed by atoms with Crippen molar-refractivity contribution in [2.75, 3.05) is 27.2 Å². The van der Waals surface area contributed by atoms with E-state index < -0.39 is 0 Å². The normalized spacial score (nSPS) is 16.3. The van der Waals surface area contributed by atoms with Gasteiger partial charge in [-0.25, -0.2) is 0 Å². The van der Waals surface area contributed by atoms with Crippen molar-refractivity contribution in [2.45, 2.75) is 26.3 Å². The van der Waals surface area contributed by atoms with E-state index in [0.717, 1.165) is 31.5 Å². The van der Waals surface area contributed by atoms with Gasteiger partial charge in [0.05, 0.1) is 6.54 Å². The van der Waals surface area contributed by atoms with Crippen LogP contribution in [0.5, 0.6) is 0 Å². The van der Waals surface area contributed by atoms with Crippen LogP contribution in [-0.4, -0.2) is 53.1 Å². The first-order valence-corrected chi connectivity index (χ1v) is 8.36. The Bertz CT molecular complexity index is 703. The minimum atomic E-state index is 0.141. The number of amides is 1. The van der Waals surface area contributed by atoms with Crippen LogP contribution >= 0.6 is 0 Å². The molecule has 0 unspecified atom stereocenters. The maximum Gasteiger partial charge on any atom is 0.247 e. The van der Waals surface area contributed by atoms with Crippen LogP contribution in [0.1, 0.15) is 24.3 Å². The Morgan fingerprint density at radius 1 is 1.29 bits per heavy atom. The summed E-state index contributed by atoms with van der Waals surface area (Å²) in [7, 11) is 3.64. The van der Waals surface area contributed by atoms with Crippen molar-refractivity contribution in [3.8, 4) is 11.5 Å². The maximum absolute atomic E-state index is 12.0. The molecule has 1 aromatic heterocycles. The van der Waals surface area contributed by atoms with E-state index >= 15 is 0 Å². The van der Waals surface area contributed by atoms with Gasteiger partial charge in [-0.2, -0.15) is 0 Å². The quantitative estimate of drug-likeness (QED) is 0.862. The first-order chi connectivity index (χ1) is 11.5. The molecule has 2 aromatic rings. The Hall–Kier alpha value is -2.21. The molecule has 0 atom stereocenters. The lowest BCUT2D eigenvalue weighted by Crippen LogP contribution is -2.39. The molecule has 1 amide bonds. The van der Waals surface area contributed by atoms with Gasteiger partial charge in [-0.1, -0.05) is 17.7 Å². The van der Waals surface area contributed by atoms with Gasteiger partial charge in [-0.05, 0) is 45.0 Å². The van der Waals surface area contributed by atoms with E-state index in [1.807, 2.05) is 45.3 Å². The van der Waals surface area contributed by atoms with Gasteiger partial charge in [0.15, 0.2) is 0 Å². The number of hydrogen-bond donors (Lipinski definition) is 0. The van der Waals surface area contributed by atoms with Crippen molar-refractivity contribution in [3.05, 3.63) is 35.7 Å². The topological polar surface area (TPSA) is 62.5 Å². The van der Waals surface area contributed by atoms with Crippen molar-refractivity contribution in [2.24, 2.45) is 5.92 Å². The number of rotatable bonds is 4. The standard InChI is InChI=1S/C18H24N4O2/c1-13-5-4-6-15(11-13)17-20-19-16(24-17)12-22-9-7-14(8-10-22)18(23)21(2)3/h4-6,11,14H,7-10,12H2,1-3H3. The molecule has 24 heavy (non-hydrogen) atoms. The Labute approximate surface area is 142 Å². The zero-order valence-corrected chi connectivity index (χ0v) is 14.5. The molecule has 0 radical (unpaired) electrons. The third-order valence-corrected chi connectivity index (χ3v) is 4.47. The molecule has 128 valence electrons. The zero-order chi connectivity index (χ0) is 17.1. The van der Waals surface area contributed by atoms with Crippen LogP contribution in [-0.2, 0) is 11.3 Å². The lowest BCUT2D eigenvalue weighted by molar-refractivity contribution is -0.134. The lowest BCUT2D eigenvalue weighted by Gasteiger charge is -2.31. The van der Waals surface area contributed by atoms with Gasteiger partial charge in [0.25, 0.3) is 0 Å². The van der Waals surface area contributed by atoms with E-state index in [1.54, 1.807) is 4.90 Å². The number of hydrogen-bond acceptors (Lipinski definition) is 5. The molecule has 0 spiro atoms. The zero-order valence-electron chi connectivity index (χ0n) is 14.5. The predicted octanol–water partition coefficient (Wildman–Crippen LogP) is 2.35. The fourth-order valence-corrected chi connectivity index (χ4v) is 3.11. The molecule has 1 aliphatic rings. The molecule has 6 nitrogen and oxygen atoms in total. The van der Waals surface area contributed by atoms with Crippen LogP contribution < -0.4 is 0 Å². The smallest absolute Gasteiger partial charge is 0.247 e. The molecule has 1 fully saturated rings. The van der Waals surface area contributed by atoms with E-state index in [9.17, 15) is 4.79 Å². The van der Waals surface area contributed by atoms with Gasteiger partial charge >= 0.3 is 0 Å². The third-order valence-electron chi connectivity index (χ3n) is 4.47. The van der Waals surface area contributed by atoms with Crippen LogP contribution in [0.2, 0.25) is 0 Å². The van der Waals surface area contributed by atoms with Gasteiger partial charge in [-0.3, -0.25) is 9.69 Å². The highest BCUT2D eigenvalue weighted by molar-refractivity contribution is 5.78. The number of carbonyl (C=O) groups is 1. The summed E-state index contributed by atoms with van der Waals surface area (Å²) in [5, 5.41) is 8.32. The van der Waals surface area contributed by atoms with Crippen LogP contribution in [0.4, 0.5) is 0 Å². The first kappa shape index (κ1) is 16.6. The van der Waals surface area contributed by atoms with Crippen molar-refractivity contribution >= 4 is 5.91 Å². The summed E-state index contributed by atoms with van der Waals surface area (Å²) in [5.74, 6) is 1.56. The highest BCUT2D eigenvalue weighted by atomic mass is 16.4. The third kappa shape index (κ3) is 3.82. The second-order valence-corrected chi connectivity index (χ2v) is 6.65. The Morgan fingerprint density at radius 2 is 2.04 bits per heavy atom. The fourth-order valence-electron chi connectivity index (χ4n) is 3.11. The molecular weight excluding hydrogens is 304 g/mol.